The van der Waals surface area contributed by atoms with Crippen molar-refractivity contribution in [1.82, 2.24) is 9.80 Å². The minimum Gasteiger partial charge on any atom is -0.480 e. The number of carboxylic acids is 1. The number of urea groups is 1. The van der Waals surface area contributed by atoms with Gasteiger partial charge in [0.15, 0.2) is 0 Å². The van der Waals surface area contributed by atoms with Crippen LogP contribution in [0.4, 0.5) is 4.79 Å². The Morgan fingerprint density at radius 1 is 1.45 bits per heavy atom. The van der Waals surface area contributed by atoms with Crippen molar-refractivity contribution in [3.63, 3.8) is 0 Å². The number of aliphatic carboxylic acids is 1. The quantitative estimate of drug-likeness (QED) is 0.850. The van der Waals surface area contributed by atoms with Gasteiger partial charge in [0, 0.05) is 32.7 Å². The largest absolute Gasteiger partial charge is 0.480 e. The van der Waals surface area contributed by atoms with E-state index in [0.717, 1.165) is 25.9 Å². The molecule has 0 saturated carbocycles. The van der Waals surface area contributed by atoms with Crippen molar-refractivity contribution in [2.75, 3.05) is 33.4 Å². The van der Waals surface area contributed by atoms with Crippen molar-refractivity contribution in [2.45, 2.75) is 38.1 Å². The maximum absolute atomic E-state index is 12.5. The predicted octanol–water partition coefficient (Wildman–Crippen LogP) is 1.40. The Morgan fingerprint density at radius 2 is 2.20 bits per heavy atom. The van der Waals surface area contributed by atoms with Gasteiger partial charge in [-0.2, -0.15) is 0 Å². The summed E-state index contributed by atoms with van der Waals surface area (Å²) in [5.74, 6) is -0.561. The second kappa shape index (κ2) is 5.99. The first-order valence-electron chi connectivity index (χ1n) is 7.29. The zero-order valence-corrected chi connectivity index (χ0v) is 12.3. The molecule has 20 heavy (non-hydrogen) atoms. The highest BCUT2D eigenvalue weighted by Crippen LogP contribution is 2.30. The monoisotopic (exact) mass is 284 g/mol. The molecule has 2 saturated heterocycles. The van der Waals surface area contributed by atoms with Gasteiger partial charge >= 0.3 is 12.0 Å². The fourth-order valence-corrected chi connectivity index (χ4v) is 3.12. The number of nitrogens with zero attached hydrogens (tertiary/aromatic N) is 2. The van der Waals surface area contributed by atoms with Crippen molar-refractivity contribution in [3.05, 3.63) is 0 Å². The summed E-state index contributed by atoms with van der Waals surface area (Å²) in [6, 6.07) is -0.182. The smallest absolute Gasteiger partial charge is 0.329 e. The number of rotatable bonds is 3. The van der Waals surface area contributed by atoms with Crippen LogP contribution >= 0.6 is 0 Å². The number of likely N-dealkylation sites (tertiary alicyclic amines) is 1. The van der Waals surface area contributed by atoms with Gasteiger partial charge in [-0.3, -0.25) is 0 Å². The minimum atomic E-state index is -1.06. The third-order valence-corrected chi connectivity index (χ3v) is 4.45. The molecule has 114 valence electrons. The fourth-order valence-electron chi connectivity index (χ4n) is 3.12. The second-order valence-electron chi connectivity index (χ2n) is 6.08. The van der Waals surface area contributed by atoms with Gasteiger partial charge in [-0.15, -0.1) is 0 Å². The lowest BCUT2D eigenvalue weighted by Gasteiger charge is -2.36. The summed E-state index contributed by atoms with van der Waals surface area (Å²) in [6.07, 6.45) is 3.36. The topological polar surface area (TPSA) is 70.1 Å². The molecule has 0 spiro atoms. The molecular weight excluding hydrogens is 260 g/mol. The summed E-state index contributed by atoms with van der Waals surface area (Å²) in [5.41, 5.74) is -1.06. The average molecular weight is 284 g/mol. The van der Waals surface area contributed by atoms with Crippen LogP contribution in [-0.2, 0) is 9.53 Å². The Labute approximate surface area is 119 Å². The molecular formula is C14H24N2O4. The SMILES string of the molecule is CN(CC1CCCOC1)C(=O)N1CCCC1(C)C(=O)O. The lowest BCUT2D eigenvalue weighted by atomic mass is 9.99. The van der Waals surface area contributed by atoms with Gasteiger partial charge in [0.05, 0.1) is 6.61 Å². The zero-order chi connectivity index (χ0) is 14.8. The van der Waals surface area contributed by atoms with Crippen LogP contribution in [0.3, 0.4) is 0 Å². The van der Waals surface area contributed by atoms with E-state index in [1.54, 1.807) is 18.9 Å². The van der Waals surface area contributed by atoms with Gasteiger partial charge in [0.1, 0.15) is 5.54 Å². The van der Waals surface area contributed by atoms with Crippen molar-refractivity contribution in [2.24, 2.45) is 5.92 Å². The minimum absolute atomic E-state index is 0.182. The van der Waals surface area contributed by atoms with Gasteiger partial charge in [0.25, 0.3) is 0 Å². The van der Waals surface area contributed by atoms with Gasteiger partial charge < -0.3 is 19.6 Å². The first-order valence-corrected chi connectivity index (χ1v) is 7.29. The lowest BCUT2D eigenvalue weighted by molar-refractivity contribution is -0.147. The van der Waals surface area contributed by atoms with Gasteiger partial charge in [-0.05, 0) is 32.6 Å². The summed E-state index contributed by atoms with van der Waals surface area (Å²) in [5, 5.41) is 9.36. The Hall–Kier alpha value is -1.30. The lowest BCUT2D eigenvalue weighted by Crippen LogP contribution is -2.55. The number of hydrogen-bond donors (Lipinski definition) is 1. The molecule has 0 radical (unpaired) electrons. The molecule has 2 aliphatic rings. The predicted molar refractivity (Wildman–Crippen MR) is 73.5 cm³/mol. The van der Waals surface area contributed by atoms with E-state index >= 15 is 0 Å². The summed E-state index contributed by atoms with van der Waals surface area (Å²) in [6.45, 7) is 4.28. The molecule has 2 atom stereocenters. The van der Waals surface area contributed by atoms with E-state index in [9.17, 15) is 14.7 Å². The number of ether oxygens (including phenoxy) is 1. The summed E-state index contributed by atoms with van der Waals surface area (Å²) in [7, 11) is 1.75. The van der Waals surface area contributed by atoms with Crippen molar-refractivity contribution < 1.29 is 19.4 Å². The van der Waals surface area contributed by atoms with Gasteiger partial charge in [-0.25, -0.2) is 9.59 Å². The van der Waals surface area contributed by atoms with Crippen LogP contribution in [0.15, 0.2) is 0 Å². The van der Waals surface area contributed by atoms with Crippen LogP contribution in [0.25, 0.3) is 0 Å². The molecule has 2 fully saturated rings. The third-order valence-electron chi connectivity index (χ3n) is 4.45. The Bertz CT molecular complexity index is 381. The average Bonchev–Trinajstić information content (AvgIpc) is 2.82. The van der Waals surface area contributed by atoms with E-state index in [-0.39, 0.29) is 6.03 Å². The summed E-state index contributed by atoms with van der Waals surface area (Å²) < 4.78 is 5.42. The molecule has 0 aromatic carbocycles. The third kappa shape index (κ3) is 2.90. The highest BCUT2D eigenvalue weighted by molar-refractivity contribution is 5.86. The molecule has 2 amide bonds. The molecule has 6 heteroatoms. The van der Waals surface area contributed by atoms with E-state index in [1.807, 2.05) is 0 Å². The highest BCUT2D eigenvalue weighted by Gasteiger charge is 2.46. The maximum atomic E-state index is 12.5. The normalized spacial score (nSPS) is 30.3. The Kier molecular flexibility index (Phi) is 4.52. The van der Waals surface area contributed by atoms with E-state index in [0.29, 0.717) is 32.0 Å². The van der Waals surface area contributed by atoms with Gasteiger partial charge in [-0.1, -0.05) is 0 Å². The molecule has 2 rings (SSSR count). The number of hydrogen-bond acceptors (Lipinski definition) is 3. The maximum Gasteiger partial charge on any atom is 0.329 e. The molecule has 2 aliphatic heterocycles. The molecule has 0 aromatic rings. The first kappa shape index (κ1) is 15.1. The molecule has 0 aromatic heterocycles. The zero-order valence-electron chi connectivity index (χ0n) is 12.3. The molecule has 6 nitrogen and oxygen atoms in total. The Morgan fingerprint density at radius 3 is 2.80 bits per heavy atom. The molecule has 0 aliphatic carbocycles. The fraction of sp³-hybridized carbons (Fsp3) is 0.857. The van der Waals surface area contributed by atoms with Crippen LogP contribution in [0.1, 0.15) is 32.6 Å². The van der Waals surface area contributed by atoms with Crippen LogP contribution in [0, 0.1) is 5.92 Å². The molecule has 1 N–H and O–H groups in total. The molecule has 0 bridgehead atoms. The van der Waals surface area contributed by atoms with Crippen LogP contribution in [0.5, 0.6) is 0 Å². The van der Waals surface area contributed by atoms with Crippen molar-refractivity contribution in [3.8, 4) is 0 Å². The number of amides is 2. The van der Waals surface area contributed by atoms with E-state index in [2.05, 4.69) is 0 Å². The van der Waals surface area contributed by atoms with E-state index in [4.69, 9.17) is 4.74 Å². The van der Waals surface area contributed by atoms with Crippen LogP contribution in [-0.4, -0.2) is 65.8 Å². The van der Waals surface area contributed by atoms with Crippen molar-refractivity contribution >= 4 is 12.0 Å². The van der Waals surface area contributed by atoms with Crippen LogP contribution < -0.4 is 0 Å². The highest BCUT2D eigenvalue weighted by atomic mass is 16.5. The van der Waals surface area contributed by atoms with Crippen molar-refractivity contribution in [1.29, 1.82) is 0 Å². The van der Waals surface area contributed by atoms with E-state index < -0.39 is 11.5 Å². The second-order valence-corrected chi connectivity index (χ2v) is 6.08. The molecule has 2 unspecified atom stereocenters. The number of carbonyl (C=O) groups excluding carboxylic acids is 1. The van der Waals surface area contributed by atoms with Gasteiger partial charge in [0.2, 0.25) is 0 Å². The number of carboxylic acid groups (broad SMARTS) is 1. The molecule has 2 heterocycles. The van der Waals surface area contributed by atoms with Crippen LogP contribution in [0.2, 0.25) is 0 Å². The summed E-state index contributed by atoms with van der Waals surface area (Å²) in [4.78, 5) is 27.0. The summed E-state index contributed by atoms with van der Waals surface area (Å²) >= 11 is 0. The Balaban J connectivity index is 1.97. The standard InChI is InChI=1S/C14H24N2O4/c1-14(12(17)18)6-4-7-16(14)13(19)15(2)9-11-5-3-8-20-10-11/h11H,3-10H2,1-2H3,(H,17,18). The van der Waals surface area contributed by atoms with E-state index in [1.165, 1.54) is 4.90 Å². The first-order chi connectivity index (χ1) is 9.45. The number of carbonyl (C=O) groups is 2.